The summed E-state index contributed by atoms with van der Waals surface area (Å²) in [4.78, 5) is 22.7. The number of carbonyl (C=O) groups excluding carboxylic acids is 1. The summed E-state index contributed by atoms with van der Waals surface area (Å²) in [6.07, 6.45) is 1.25. The predicted octanol–water partition coefficient (Wildman–Crippen LogP) is 1.66. The van der Waals surface area contributed by atoms with Crippen molar-refractivity contribution in [3.05, 3.63) is 29.3 Å². The van der Waals surface area contributed by atoms with Crippen LogP contribution in [0.5, 0.6) is 5.75 Å². The maximum atomic E-state index is 11.7. The van der Waals surface area contributed by atoms with Gasteiger partial charge in [-0.15, -0.1) is 0 Å². The molecule has 0 spiro atoms. The van der Waals surface area contributed by atoms with Gasteiger partial charge in [0.15, 0.2) is 6.61 Å². The number of ether oxygens (including phenoxy) is 1. The molecule has 108 valence electrons. The molecule has 0 bridgehead atoms. The van der Waals surface area contributed by atoms with Crippen LogP contribution >= 0.6 is 0 Å². The van der Waals surface area contributed by atoms with E-state index in [9.17, 15) is 9.59 Å². The number of carboxylic acids is 1. The molecule has 1 fully saturated rings. The molecule has 0 radical (unpaired) electrons. The molecule has 1 saturated carbocycles. The zero-order valence-electron chi connectivity index (χ0n) is 11.7. The highest BCUT2D eigenvalue weighted by Gasteiger charge is 2.50. The van der Waals surface area contributed by atoms with Gasteiger partial charge in [0.2, 0.25) is 0 Å². The lowest BCUT2D eigenvalue weighted by Crippen LogP contribution is -2.36. The van der Waals surface area contributed by atoms with Gasteiger partial charge in [-0.25, -0.2) is 0 Å². The maximum Gasteiger partial charge on any atom is 0.311 e. The SMILES string of the molecule is Cc1ccc(C)c(OCC(=O)NCC2(C(=O)O)CC2)c1. The molecular weight excluding hydrogens is 258 g/mol. The lowest BCUT2D eigenvalue weighted by Gasteiger charge is -2.13. The van der Waals surface area contributed by atoms with Crippen LogP contribution in [0.1, 0.15) is 24.0 Å². The second-order valence-electron chi connectivity index (χ2n) is 5.42. The van der Waals surface area contributed by atoms with Crippen molar-refractivity contribution < 1.29 is 19.4 Å². The molecule has 2 N–H and O–H groups in total. The number of rotatable bonds is 6. The minimum Gasteiger partial charge on any atom is -0.483 e. The van der Waals surface area contributed by atoms with E-state index >= 15 is 0 Å². The normalized spacial score (nSPS) is 15.5. The number of carbonyl (C=O) groups is 2. The fraction of sp³-hybridized carbons (Fsp3) is 0.467. The molecular formula is C15H19NO4. The van der Waals surface area contributed by atoms with E-state index in [0.29, 0.717) is 18.6 Å². The van der Waals surface area contributed by atoms with E-state index in [4.69, 9.17) is 9.84 Å². The second-order valence-corrected chi connectivity index (χ2v) is 5.42. The largest absolute Gasteiger partial charge is 0.483 e. The van der Waals surface area contributed by atoms with Crippen molar-refractivity contribution in [2.45, 2.75) is 26.7 Å². The standard InChI is InChI=1S/C15H19NO4/c1-10-3-4-11(2)12(7-10)20-8-13(17)16-9-15(5-6-15)14(18)19/h3-4,7H,5-6,8-9H2,1-2H3,(H,16,17)(H,18,19). The first-order valence-corrected chi connectivity index (χ1v) is 6.63. The smallest absolute Gasteiger partial charge is 0.311 e. The van der Waals surface area contributed by atoms with Crippen molar-refractivity contribution >= 4 is 11.9 Å². The lowest BCUT2D eigenvalue weighted by atomic mass is 10.1. The average molecular weight is 277 g/mol. The molecule has 0 saturated heterocycles. The number of aryl methyl sites for hydroxylation is 2. The van der Waals surface area contributed by atoms with Crippen molar-refractivity contribution in [3.63, 3.8) is 0 Å². The molecule has 1 aliphatic carbocycles. The predicted molar refractivity (Wildman–Crippen MR) is 73.7 cm³/mol. The van der Waals surface area contributed by atoms with E-state index in [1.54, 1.807) is 0 Å². The van der Waals surface area contributed by atoms with Crippen LogP contribution in [0.2, 0.25) is 0 Å². The first-order chi connectivity index (χ1) is 9.43. The Morgan fingerprint density at radius 3 is 2.65 bits per heavy atom. The summed E-state index contributed by atoms with van der Waals surface area (Å²) in [5.41, 5.74) is 1.29. The van der Waals surface area contributed by atoms with Crippen molar-refractivity contribution in [2.75, 3.05) is 13.2 Å². The van der Waals surface area contributed by atoms with Crippen LogP contribution in [0, 0.1) is 19.3 Å². The van der Waals surface area contributed by atoms with Gasteiger partial charge in [0.05, 0.1) is 5.41 Å². The quantitative estimate of drug-likeness (QED) is 0.829. The number of amides is 1. The summed E-state index contributed by atoms with van der Waals surface area (Å²) < 4.78 is 5.47. The Bertz CT molecular complexity index is 535. The molecule has 0 aliphatic heterocycles. The number of nitrogens with one attached hydrogen (secondary N) is 1. The van der Waals surface area contributed by atoms with Crippen LogP contribution in [0.4, 0.5) is 0 Å². The molecule has 0 unspecified atom stereocenters. The van der Waals surface area contributed by atoms with Gasteiger partial charge in [-0.2, -0.15) is 0 Å². The molecule has 1 aliphatic rings. The molecule has 1 amide bonds. The Labute approximate surface area is 117 Å². The highest BCUT2D eigenvalue weighted by molar-refractivity contribution is 5.81. The number of carboxylic acid groups (broad SMARTS) is 1. The van der Waals surface area contributed by atoms with Crippen LogP contribution in [-0.4, -0.2) is 30.1 Å². The second kappa shape index (κ2) is 5.53. The third-order valence-electron chi connectivity index (χ3n) is 3.63. The molecule has 1 aromatic rings. The fourth-order valence-corrected chi connectivity index (χ4v) is 1.94. The molecule has 5 nitrogen and oxygen atoms in total. The van der Waals surface area contributed by atoms with Gasteiger partial charge in [-0.1, -0.05) is 12.1 Å². The first-order valence-electron chi connectivity index (χ1n) is 6.63. The van der Waals surface area contributed by atoms with E-state index in [1.165, 1.54) is 0 Å². The average Bonchev–Trinajstić information content (AvgIpc) is 3.18. The van der Waals surface area contributed by atoms with Crippen molar-refractivity contribution in [1.29, 1.82) is 0 Å². The van der Waals surface area contributed by atoms with Gasteiger partial charge >= 0.3 is 5.97 Å². The summed E-state index contributed by atoms with van der Waals surface area (Å²) in [6, 6.07) is 5.79. The van der Waals surface area contributed by atoms with E-state index in [2.05, 4.69) is 5.32 Å². The van der Waals surface area contributed by atoms with Crippen LogP contribution in [0.25, 0.3) is 0 Å². The van der Waals surface area contributed by atoms with Gasteiger partial charge in [0.1, 0.15) is 5.75 Å². The topological polar surface area (TPSA) is 75.6 Å². The van der Waals surface area contributed by atoms with E-state index in [0.717, 1.165) is 11.1 Å². The Morgan fingerprint density at radius 1 is 1.35 bits per heavy atom. The Morgan fingerprint density at radius 2 is 2.05 bits per heavy atom. The lowest BCUT2D eigenvalue weighted by molar-refractivity contribution is -0.143. The fourth-order valence-electron chi connectivity index (χ4n) is 1.94. The molecule has 20 heavy (non-hydrogen) atoms. The highest BCUT2D eigenvalue weighted by Crippen LogP contribution is 2.45. The van der Waals surface area contributed by atoms with E-state index < -0.39 is 11.4 Å². The van der Waals surface area contributed by atoms with Gasteiger partial charge < -0.3 is 15.2 Å². The van der Waals surface area contributed by atoms with Crippen LogP contribution in [0.3, 0.4) is 0 Å². The number of benzene rings is 1. The van der Waals surface area contributed by atoms with Crippen molar-refractivity contribution in [3.8, 4) is 5.75 Å². The third-order valence-corrected chi connectivity index (χ3v) is 3.63. The van der Waals surface area contributed by atoms with Crippen molar-refractivity contribution in [2.24, 2.45) is 5.41 Å². The van der Waals surface area contributed by atoms with Crippen molar-refractivity contribution in [1.82, 2.24) is 5.32 Å². The Balaban J connectivity index is 1.81. The Hall–Kier alpha value is -2.04. The van der Waals surface area contributed by atoms with Crippen LogP contribution in [0.15, 0.2) is 18.2 Å². The third kappa shape index (κ3) is 3.29. The number of hydrogen-bond donors (Lipinski definition) is 2. The minimum atomic E-state index is -0.840. The zero-order valence-corrected chi connectivity index (χ0v) is 11.7. The van der Waals surface area contributed by atoms with Crippen LogP contribution in [-0.2, 0) is 9.59 Å². The Kier molecular flexibility index (Phi) is 3.97. The number of aliphatic carboxylic acids is 1. The number of hydrogen-bond acceptors (Lipinski definition) is 3. The summed E-state index contributed by atoms with van der Waals surface area (Å²) in [6.45, 7) is 3.95. The van der Waals surface area contributed by atoms with Gasteiger partial charge in [-0.3, -0.25) is 9.59 Å². The molecule has 0 heterocycles. The summed E-state index contributed by atoms with van der Waals surface area (Å²) in [5, 5.41) is 11.6. The molecule has 1 aromatic carbocycles. The molecule has 0 aromatic heterocycles. The summed E-state index contributed by atoms with van der Waals surface area (Å²) >= 11 is 0. The van der Waals surface area contributed by atoms with Crippen LogP contribution < -0.4 is 10.1 Å². The molecule has 2 rings (SSSR count). The van der Waals surface area contributed by atoms with E-state index in [1.807, 2.05) is 32.0 Å². The molecule has 5 heteroatoms. The maximum absolute atomic E-state index is 11.7. The zero-order chi connectivity index (χ0) is 14.8. The highest BCUT2D eigenvalue weighted by atomic mass is 16.5. The van der Waals surface area contributed by atoms with E-state index in [-0.39, 0.29) is 19.1 Å². The minimum absolute atomic E-state index is 0.0972. The summed E-state index contributed by atoms with van der Waals surface area (Å²) in [7, 11) is 0. The first kappa shape index (κ1) is 14.4. The van der Waals surface area contributed by atoms with Gasteiger partial charge in [-0.05, 0) is 43.9 Å². The van der Waals surface area contributed by atoms with Gasteiger partial charge in [0, 0.05) is 6.54 Å². The summed E-state index contributed by atoms with van der Waals surface area (Å²) in [5.74, 6) is -0.453. The molecule has 0 atom stereocenters. The monoisotopic (exact) mass is 277 g/mol. The van der Waals surface area contributed by atoms with Gasteiger partial charge in [0.25, 0.3) is 5.91 Å².